The SMILES string of the molecule is CCC(C)/C(C)=N/NC(=O)c1ccc(NS(=O)(=O)c2cccs2)cc1. The molecular weight excluding hydrogens is 358 g/mol. The van der Waals surface area contributed by atoms with Gasteiger partial charge in [0.05, 0.1) is 0 Å². The molecule has 1 atom stereocenters. The minimum atomic E-state index is -3.59. The summed E-state index contributed by atoms with van der Waals surface area (Å²) in [4.78, 5) is 12.1. The van der Waals surface area contributed by atoms with E-state index < -0.39 is 10.0 Å². The third kappa shape index (κ3) is 5.14. The number of amides is 1. The van der Waals surface area contributed by atoms with Crippen LogP contribution in [0.3, 0.4) is 0 Å². The highest BCUT2D eigenvalue weighted by atomic mass is 32.2. The molecule has 134 valence electrons. The molecule has 0 aliphatic carbocycles. The van der Waals surface area contributed by atoms with Crippen LogP contribution >= 0.6 is 11.3 Å². The molecule has 2 N–H and O–H groups in total. The molecule has 25 heavy (non-hydrogen) atoms. The van der Waals surface area contributed by atoms with E-state index in [4.69, 9.17) is 0 Å². The Morgan fingerprint density at radius 1 is 1.24 bits per heavy atom. The Hall–Kier alpha value is -2.19. The molecule has 0 aliphatic heterocycles. The summed E-state index contributed by atoms with van der Waals surface area (Å²) in [5.41, 5.74) is 4.17. The second-order valence-corrected chi connectivity index (χ2v) is 8.48. The van der Waals surface area contributed by atoms with E-state index in [2.05, 4.69) is 22.2 Å². The van der Waals surface area contributed by atoms with Crippen molar-refractivity contribution in [1.29, 1.82) is 0 Å². The van der Waals surface area contributed by atoms with Gasteiger partial charge in [0, 0.05) is 17.0 Å². The van der Waals surface area contributed by atoms with Gasteiger partial charge in [-0.25, -0.2) is 13.8 Å². The fourth-order valence-electron chi connectivity index (χ4n) is 1.92. The molecule has 0 saturated heterocycles. The van der Waals surface area contributed by atoms with Gasteiger partial charge in [-0.3, -0.25) is 9.52 Å². The summed E-state index contributed by atoms with van der Waals surface area (Å²) < 4.78 is 27.0. The van der Waals surface area contributed by atoms with Crippen molar-refractivity contribution in [2.24, 2.45) is 11.0 Å². The molecule has 1 unspecified atom stereocenters. The third-order valence-electron chi connectivity index (χ3n) is 3.82. The van der Waals surface area contributed by atoms with Gasteiger partial charge in [-0.2, -0.15) is 5.10 Å². The number of anilines is 1. The second kappa shape index (κ2) is 8.26. The van der Waals surface area contributed by atoms with Crippen LogP contribution in [0.1, 0.15) is 37.6 Å². The number of hydrogen-bond donors (Lipinski definition) is 2. The van der Waals surface area contributed by atoms with Crippen LogP contribution in [-0.4, -0.2) is 20.0 Å². The zero-order valence-corrected chi connectivity index (χ0v) is 15.9. The highest BCUT2D eigenvalue weighted by Gasteiger charge is 2.15. The Kier molecular flexibility index (Phi) is 6.33. The molecule has 2 aromatic rings. The van der Waals surface area contributed by atoms with E-state index in [1.165, 1.54) is 6.07 Å². The fourth-order valence-corrected chi connectivity index (χ4v) is 3.97. The van der Waals surface area contributed by atoms with Gasteiger partial charge < -0.3 is 0 Å². The average Bonchev–Trinajstić information content (AvgIpc) is 3.14. The largest absolute Gasteiger partial charge is 0.279 e. The van der Waals surface area contributed by atoms with Crippen LogP contribution in [-0.2, 0) is 10.0 Å². The first-order valence-corrected chi connectivity index (χ1v) is 10.2. The molecule has 0 fully saturated rings. The van der Waals surface area contributed by atoms with Crippen molar-refractivity contribution in [2.45, 2.75) is 31.4 Å². The Balaban J connectivity index is 2.03. The van der Waals surface area contributed by atoms with Crippen molar-refractivity contribution in [3.8, 4) is 0 Å². The first-order valence-electron chi connectivity index (χ1n) is 7.84. The summed E-state index contributed by atoms with van der Waals surface area (Å²) in [6.45, 7) is 5.97. The summed E-state index contributed by atoms with van der Waals surface area (Å²) in [6.07, 6.45) is 0.949. The Labute approximate surface area is 152 Å². The number of nitrogens with one attached hydrogen (secondary N) is 2. The van der Waals surface area contributed by atoms with E-state index in [1.54, 1.807) is 35.7 Å². The molecule has 0 aliphatic rings. The second-order valence-electron chi connectivity index (χ2n) is 5.62. The van der Waals surface area contributed by atoms with Gasteiger partial charge in [-0.1, -0.05) is 19.9 Å². The van der Waals surface area contributed by atoms with E-state index in [-0.39, 0.29) is 10.1 Å². The molecule has 1 aromatic carbocycles. The van der Waals surface area contributed by atoms with Crippen molar-refractivity contribution >= 4 is 38.7 Å². The number of hydrogen-bond acceptors (Lipinski definition) is 5. The number of nitrogens with zero attached hydrogens (tertiary/aromatic N) is 1. The van der Waals surface area contributed by atoms with E-state index in [1.807, 2.05) is 13.8 Å². The lowest BCUT2D eigenvalue weighted by Crippen LogP contribution is -2.21. The molecule has 0 bridgehead atoms. The quantitative estimate of drug-likeness (QED) is 0.568. The van der Waals surface area contributed by atoms with Crippen LogP contribution in [0.15, 0.2) is 51.1 Å². The van der Waals surface area contributed by atoms with Crippen LogP contribution in [0.25, 0.3) is 0 Å². The van der Waals surface area contributed by atoms with Crippen LogP contribution in [0.2, 0.25) is 0 Å². The van der Waals surface area contributed by atoms with Crippen molar-refractivity contribution < 1.29 is 13.2 Å². The predicted molar refractivity (Wildman–Crippen MR) is 102 cm³/mol. The molecule has 0 radical (unpaired) electrons. The first kappa shape index (κ1) is 19.1. The van der Waals surface area contributed by atoms with Gasteiger partial charge in [-0.15, -0.1) is 11.3 Å². The number of rotatable bonds is 7. The van der Waals surface area contributed by atoms with E-state index in [9.17, 15) is 13.2 Å². The van der Waals surface area contributed by atoms with Crippen LogP contribution < -0.4 is 10.1 Å². The molecular formula is C17H21N3O3S2. The van der Waals surface area contributed by atoms with Gasteiger partial charge >= 0.3 is 0 Å². The molecule has 0 spiro atoms. The lowest BCUT2D eigenvalue weighted by atomic mass is 10.1. The van der Waals surface area contributed by atoms with Crippen LogP contribution in [0, 0.1) is 5.92 Å². The molecule has 8 heteroatoms. The third-order valence-corrected chi connectivity index (χ3v) is 6.60. The van der Waals surface area contributed by atoms with E-state index in [0.717, 1.165) is 23.5 Å². The summed E-state index contributed by atoms with van der Waals surface area (Å²) in [5, 5.41) is 5.79. The van der Waals surface area contributed by atoms with Gasteiger partial charge in [0.25, 0.3) is 15.9 Å². The topological polar surface area (TPSA) is 87.6 Å². The van der Waals surface area contributed by atoms with Gasteiger partial charge in [0.1, 0.15) is 4.21 Å². The Bertz CT molecular complexity index is 842. The number of carbonyl (C=O) groups is 1. The summed E-state index contributed by atoms with van der Waals surface area (Å²) in [6, 6.07) is 9.41. The number of benzene rings is 1. The number of carbonyl (C=O) groups excluding carboxylic acids is 1. The standard InChI is InChI=1S/C17H21N3O3S2/c1-4-12(2)13(3)18-19-17(21)14-7-9-15(10-8-14)20-25(22,23)16-6-5-11-24-16/h5-12,20H,4H2,1-3H3,(H,19,21)/b18-13+. The van der Waals surface area contributed by atoms with Crippen LogP contribution in [0.5, 0.6) is 0 Å². The predicted octanol–water partition coefficient (Wildman–Crippen LogP) is 3.70. The molecule has 1 heterocycles. The molecule has 0 saturated carbocycles. The summed E-state index contributed by atoms with van der Waals surface area (Å²) >= 11 is 1.14. The minimum Gasteiger partial charge on any atom is -0.279 e. The maximum Gasteiger partial charge on any atom is 0.271 e. The minimum absolute atomic E-state index is 0.240. The van der Waals surface area contributed by atoms with Crippen molar-refractivity contribution in [3.63, 3.8) is 0 Å². The fraction of sp³-hybridized carbons (Fsp3) is 0.294. The Morgan fingerprint density at radius 2 is 1.92 bits per heavy atom. The molecule has 1 amide bonds. The highest BCUT2D eigenvalue weighted by Crippen LogP contribution is 2.20. The average molecular weight is 380 g/mol. The van der Waals surface area contributed by atoms with Gasteiger partial charge in [0.15, 0.2) is 0 Å². The normalized spacial score (nSPS) is 13.3. The lowest BCUT2D eigenvalue weighted by molar-refractivity contribution is 0.0954. The smallest absolute Gasteiger partial charge is 0.271 e. The summed E-state index contributed by atoms with van der Waals surface area (Å²) in [7, 11) is -3.59. The van der Waals surface area contributed by atoms with Crippen molar-refractivity contribution in [1.82, 2.24) is 5.43 Å². The zero-order valence-electron chi connectivity index (χ0n) is 14.3. The zero-order chi connectivity index (χ0) is 18.4. The van der Waals surface area contributed by atoms with E-state index >= 15 is 0 Å². The Morgan fingerprint density at radius 3 is 2.48 bits per heavy atom. The highest BCUT2D eigenvalue weighted by molar-refractivity contribution is 7.94. The maximum absolute atomic E-state index is 12.2. The monoisotopic (exact) mass is 379 g/mol. The number of thiophene rings is 1. The number of sulfonamides is 1. The van der Waals surface area contributed by atoms with Gasteiger partial charge in [-0.05, 0) is 55.0 Å². The maximum atomic E-state index is 12.2. The molecule has 2 rings (SSSR count). The van der Waals surface area contributed by atoms with E-state index in [0.29, 0.717) is 17.2 Å². The first-order chi connectivity index (χ1) is 11.8. The van der Waals surface area contributed by atoms with Crippen molar-refractivity contribution in [2.75, 3.05) is 4.72 Å². The van der Waals surface area contributed by atoms with Gasteiger partial charge in [0.2, 0.25) is 0 Å². The number of hydrazone groups is 1. The van der Waals surface area contributed by atoms with Crippen molar-refractivity contribution in [3.05, 3.63) is 47.3 Å². The van der Waals surface area contributed by atoms with Crippen LogP contribution in [0.4, 0.5) is 5.69 Å². The molecule has 1 aromatic heterocycles. The molecule has 6 nitrogen and oxygen atoms in total. The summed E-state index contributed by atoms with van der Waals surface area (Å²) in [5.74, 6) is -0.0374. The lowest BCUT2D eigenvalue weighted by Gasteiger charge is -2.09.